The smallest absolute Gasteiger partial charge is 0.449 e. The molecular weight excluding hydrogens is 284 g/mol. The molecule has 122 valence electrons. The first kappa shape index (κ1) is 16.6. The number of carboxylic acid groups (broad SMARTS) is 1. The second-order valence-corrected chi connectivity index (χ2v) is 6.40. The van der Waals surface area contributed by atoms with Crippen LogP contribution in [0.1, 0.15) is 51.5 Å². The Morgan fingerprint density at radius 1 is 1.23 bits per heavy atom. The van der Waals surface area contributed by atoms with Crippen LogP contribution >= 0.6 is 0 Å². The van der Waals surface area contributed by atoms with Gasteiger partial charge in [0.25, 0.3) is 0 Å². The van der Waals surface area contributed by atoms with Crippen LogP contribution in [0, 0.1) is 12.8 Å². The molecule has 0 heterocycles. The highest BCUT2D eigenvalue weighted by molar-refractivity contribution is 5.61. The second-order valence-electron chi connectivity index (χ2n) is 6.40. The largest absolute Gasteiger partial charge is 0.511 e. The van der Waals surface area contributed by atoms with E-state index in [0.29, 0.717) is 11.7 Å². The van der Waals surface area contributed by atoms with Gasteiger partial charge < -0.3 is 14.7 Å². The minimum absolute atomic E-state index is 0.215. The van der Waals surface area contributed by atoms with Gasteiger partial charge in [0.05, 0.1) is 0 Å². The van der Waals surface area contributed by atoms with E-state index in [2.05, 4.69) is 4.74 Å². The molecule has 1 saturated carbocycles. The molecule has 0 radical (unpaired) electrons. The van der Waals surface area contributed by atoms with E-state index in [0.717, 1.165) is 18.4 Å². The molecule has 0 spiro atoms. The van der Waals surface area contributed by atoms with Crippen LogP contribution in [0.3, 0.4) is 0 Å². The summed E-state index contributed by atoms with van der Waals surface area (Å²) >= 11 is 0. The Kier molecular flexibility index (Phi) is 5.29. The zero-order valence-corrected chi connectivity index (χ0v) is 13.4. The van der Waals surface area contributed by atoms with Crippen molar-refractivity contribution in [1.82, 2.24) is 0 Å². The molecule has 2 rings (SSSR count). The van der Waals surface area contributed by atoms with Gasteiger partial charge in [-0.1, -0.05) is 25.3 Å². The third-order valence-corrected chi connectivity index (χ3v) is 4.30. The molecule has 1 aliphatic carbocycles. The van der Waals surface area contributed by atoms with Crippen LogP contribution in [0.2, 0.25) is 0 Å². The van der Waals surface area contributed by atoms with Gasteiger partial charge in [0.1, 0.15) is 11.4 Å². The number of benzene rings is 1. The van der Waals surface area contributed by atoms with E-state index < -0.39 is 6.16 Å². The maximum absolute atomic E-state index is 10.6. The van der Waals surface area contributed by atoms with Gasteiger partial charge in [-0.2, -0.15) is 4.89 Å². The van der Waals surface area contributed by atoms with Crippen molar-refractivity contribution in [3.63, 3.8) is 0 Å². The third-order valence-electron chi connectivity index (χ3n) is 4.30. The average molecular weight is 308 g/mol. The number of rotatable bonds is 5. The first-order chi connectivity index (χ1) is 10.4. The molecule has 1 N–H and O–H groups in total. The van der Waals surface area contributed by atoms with Gasteiger partial charge in [-0.05, 0) is 51.2 Å². The third kappa shape index (κ3) is 4.37. The predicted octanol–water partition coefficient (Wildman–Crippen LogP) is 4.72. The van der Waals surface area contributed by atoms with Crippen LogP contribution in [-0.2, 0) is 4.89 Å². The van der Waals surface area contributed by atoms with Gasteiger partial charge >= 0.3 is 6.16 Å². The number of hydrogen-bond acceptors (Lipinski definition) is 4. The summed E-state index contributed by atoms with van der Waals surface area (Å²) in [6, 6.07) is 4.85. The summed E-state index contributed by atoms with van der Waals surface area (Å²) < 4.78 is 4.64. The highest BCUT2D eigenvalue weighted by Crippen LogP contribution is 2.35. The maximum Gasteiger partial charge on any atom is 0.511 e. The molecular formula is C17H24O5. The summed E-state index contributed by atoms with van der Waals surface area (Å²) in [6.45, 7) is 5.95. The van der Waals surface area contributed by atoms with Gasteiger partial charge in [0, 0.05) is 6.07 Å². The van der Waals surface area contributed by atoms with E-state index in [-0.39, 0.29) is 11.4 Å². The molecule has 0 aliphatic heterocycles. The van der Waals surface area contributed by atoms with E-state index in [4.69, 9.17) is 14.9 Å². The van der Waals surface area contributed by atoms with Crippen molar-refractivity contribution >= 4 is 6.16 Å². The van der Waals surface area contributed by atoms with Gasteiger partial charge in [-0.25, -0.2) is 4.79 Å². The van der Waals surface area contributed by atoms with E-state index in [9.17, 15) is 4.79 Å². The lowest BCUT2D eigenvalue weighted by atomic mass is 9.79. The molecule has 1 aromatic carbocycles. The zero-order chi connectivity index (χ0) is 16.2. The minimum atomic E-state index is -1.35. The van der Waals surface area contributed by atoms with Crippen LogP contribution in [0.25, 0.3) is 0 Å². The van der Waals surface area contributed by atoms with E-state index >= 15 is 0 Å². The van der Waals surface area contributed by atoms with Gasteiger partial charge in [-0.15, -0.1) is 0 Å². The van der Waals surface area contributed by atoms with Crippen molar-refractivity contribution in [2.75, 3.05) is 0 Å². The highest BCUT2D eigenvalue weighted by atomic mass is 17.2. The van der Waals surface area contributed by atoms with Crippen LogP contribution in [0.4, 0.5) is 4.79 Å². The van der Waals surface area contributed by atoms with Gasteiger partial charge in [0.2, 0.25) is 0 Å². The summed E-state index contributed by atoms with van der Waals surface area (Å²) in [4.78, 5) is 21.8. The quantitative estimate of drug-likeness (QED) is 0.369. The molecule has 1 aliphatic rings. The van der Waals surface area contributed by atoms with Crippen molar-refractivity contribution in [2.45, 2.75) is 58.5 Å². The lowest BCUT2D eigenvalue weighted by Crippen LogP contribution is -2.37. The Hall–Kier alpha value is -1.75. The number of hydrogen-bond donors (Lipinski definition) is 1. The summed E-state index contributed by atoms with van der Waals surface area (Å²) in [6.07, 6.45) is 4.71. The Bertz CT molecular complexity index is 518. The molecule has 1 fully saturated rings. The standard InChI is InChI=1S/C17H24O5/c1-12-9-10-14(20-16(18)19)11-15(12)21-22-17(2,3)13-7-5-4-6-8-13/h9-11,13H,4-8H2,1-3H3,(H,18,19). The summed E-state index contributed by atoms with van der Waals surface area (Å²) in [5, 5.41) is 8.66. The zero-order valence-electron chi connectivity index (χ0n) is 13.4. The Morgan fingerprint density at radius 3 is 2.55 bits per heavy atom. The van der Waals surface area contributed by atoms with E-state index in [1.165, 1.54) is 25.3 Å². The molecule has 5 heteroatoms. The SMILES string of the molecule is Cc1ccc(OC(=O)O)cc1OOC(C)(C)C1CCCCC1. The molecule has 1 aromatic rings. The molecule has 0 atom stereocenters. The second kappa shape index (κ2) is 7.01. The van der Waals surface area contributed by atoms with Crippen molar-refractivity contribution < 1.29 is 24.4 Å². The van der Waals surface area contributed by atoms with Crippen molar-refractivity contribution in [1.29, 1.82) is 0 Å². The van der Waals surface area contributed by atoms with E-state index in [1.807, 2.05) is 20.8 Å². The van der Waals surface area contributed by atoms with E-state index in [1.54, 1.807) is 12.1 Å². The molecule has 0 amide bonds. The molecule has 0 aromatic heterocycles. The van der Waals surface area contributed by atoms with Crippen LogP contribution in [-0.4, -0.2) is 16.9 Å². The molecule has 5 nitrogen and oxygen atoms in total. The first-order valence-electron chi connectivity index (χ1n) is 7.75. The fourth-order valence-corrected chi connectivity index (χ4v) is 2.85. The number of ether oxygens (including phenoxy) is 1. The number of carbonyl (C=O) groups is 1. The fraction of sp³-hybridized carbons (Fsp3) is 0.588. The van der Waals surface area contributed by atoms with Crippen molar-refractivity contribution in [2.24, 2.45) is 5.92 Å². The highest BCUT2D eigenvalue weighted by Gasteiger charge is 2.33. The topological polar surface area (TPSA) is 65.0 Å². The first-order valence-corrected chi connectivity index (χ1v) is 7.75. The summed E-state index contributed by atoms with van der Waals surface area (Å²) in [5.74, 6) is 1.16. The minimum Gasteiger partial charge on any atom is -0.449 e. The number of aryl methyl sites for hydroxylation is 1. The van der Waals surface area contributed by atoms with Crippen LogP contribution in [0.15, 0.2) is 18.2 Å². The van der Waals surface area contributed by atoms with Gasteiger partial charge in [0.15, 0.2) is 5.75 Å². The molecule has 0 bridgehead atoms. The lowest BCUT2D eigenvalue weighted by Gasteiger charge is -2.35. The maximum atomic E-state index is 10.6. The van der Waals surface area contributed by atoms with Crippen LogP contribution < -0.4 is 9.62 Å². The molecule has 0 saturated heterocycles. The Morgan fingerprint density at radius 2 is 1.91 bits per heavy atom. The van der Waals surface area contributed by atoms with Crippen LogP contribution in [0.5, 0.6) is 11.5 Å². The normalized spacial score (nSPS) is 16.3. The van der Waals surface area contributed by atoms with Crippen molar-refractivity contribution in [3.8, 4) is 11.5 Å². The summed E-state index contributed by atoms with van der Waals surface area (Å²) in [7, 11) is 0. The average Bonchev–Trinajstić information content (AvgIpc) is 2.48. The lowest BCUT2D eigenvalue weighted by molar-refractivity contribution is -0.298. The van der Waals surface area contributed by atoms with Gasteiger partial charge in [-0.3, -0.25) is 0 Å². The fourth-order valence-electron chi connectivity index (χ4n) is 2.85. The Balaban J connectivity index is 2.01. The monoisotopic (exact) mass is 308 g/mol. The predicted molar refractivity (Wildman–Crippen MR) is 82.2 cm³/mol. The molecule has 0 unspecified atom stereocenters. The summed E-state index contributed by atoms with van der Waals surface area (Å²) in [5.41, 5.74) is 0.480. The Labute approximate surface area is 131 Å². The van der Waals surface area contributed by atoms with Crippen molar-refractivity contribution in [3.05, 3.63) is 23.8 Å². The molecule has 22 heavy (non-hydrogen) atoms.